The Morgan fingerprint density at radius 2 is 2.22 bits per heavy atom. The first-order valence-electron chi connectivity index (χ1n) is 6.45. The minimum absolute atomic E-state index is 0.775. The summed E-state index contributed by atoms with van der Waals surface area (Å²) < 4.78 is 0. The minimum Gasteiger partial charge on any atom is -0.371 e. The number of aromatic nitrogens is 1. The van der Waals surface area contributed by atoms with Crippen LogP contribution in [-0.4, -0.2) is 23.4 Å². The Hall–Kier alpha value is -1.09. The average Bonchev–Trinajstić information content (AvgIpc) is 2.86. The van der Waals surface area contributed by atoms with Crippen LogP contribution in [0.3, 0.4) is 0 Å². The number of halogens is 1. The third kappa shape index (κ3) is 2.12. The number of benzene rings is 1. The Bertz CT molecular complexity index is 567. The fourth-order valence-electron chi connectivity index (χ4n) is 2.72. The van der Waals surface area contributed by atoms with Crippen LogP contribution in [-0.2, 0) is 0 Å². The van der Waals surface area contributed by atoms with Crippen molar-refractivity contribution in [2.75, 3.05) is 23.3 Å². The molecule has 2 aromatic rings. The summed E-state index contributed by atoms with van der Waals surface area (Å²) in [6.45, 7) is 4.39. The van der Waals surface area contributed by atoms with Gasteiger partial charge in [0.2, 0.25) is 0 Å². The molecule has 0 radical (unpaired) electrons. The molecule has 2 nitrogen and oxygen atoms in total. The number of aryl methyl sites for hydroxylation is 1. The predicted octanol–water partition coefficient (Wildman–Crippen LogP) is 3.76. The highest BCUT2D eigenvalue weighted by Gasteiger charge is 2.23. The minimum atomic E-state index is 0.775. The summed E-state index contributed by atoms with van der Waals surface area (Å²) in [4.78, 5) is 7.11. The Kier molecular flexibility index (Phi) is 3.25. The number of pyridine rings is 1. The topological polar surface area (TPSA) is 16.1 Å². The van der Waals surface area contributed by atoms with E-state index < -0.39 is 0 Å². The number of hydrogen-bond acceptors (Lipinski definition) is 2. The molecule has 0 spiro atoms. The first-order valence-corrected chi connectivity index (χ1v) is 7.57. The van der Waals surface area contributed by atoms with Gasteiger partial charge in [-0.3, -0.25) is 4.98 Å². The summed E-state index contributed by atoms with van der Waals surface area (Å²) in [7, 11) is 0. The van der Waals surface area contributed by atoms with Gasteiger partial charge in [0.05, 0.1) is 5.52 Å². The molecule has 2 heterocycles. The molecule has 0 amide bonds. The normalized spacial score (nSPS) is 19.7. The number of alkyl halides is 1. The molecule has 94 valence electrons. The molecule has 1 saturated heterocycles. The summed E-state index contributed by atoms with van der Waals surface area (Å²) in [5.41, 5.74) is 3.56. The van der Waals surface area contributed by atoms with Gasteiger partial charge in [-0.15, -0.1) is 0 Å². The Morgan fingerprint density at radius 3 is 3.00 bits per heavy atom. The van der Waals surface area contributed by atoms with E-state index in [1.807, 2.05) is 0 Å². The van der Waals surface area contributed by atoms with Crippen LogP contribution in [0.25, 0.3) is 10.9 Å². The van der Waals surface area contributed by atoms with Crippen molar-refractivity contribution in [3.05, 3.63) is 36.0 Å². The molecule has 1 fully saturated rings. The average molecular weight is 305 g/mol. The number of fused-ring (bicyclic) bond motifs is 1. The molecule has 0 N–H and O–H groups in total. The van der Waals surface area contributed by atoms with Crippen molar-refractivity contribution in [3.8, 4) is 0 Å². The van der Waals surface area contributed by atoms with Crippen LogP contribution in [0.5, 0.6) is 0 Å². The lowest BCUT2D eigenvalue weighted by molar-refractivity contribution is 0.676. The van der Waals surface area contributed by atoms with Crippen LogP contribution in [0, 0.1) is 12.8 Å². The van der Waals surface area contributed by atoms with Crippen LogP contribution >= 0.6 is 15.9 Å². The quantitative estimate of drug-likeness (QED) is 0.785. The van der Waals surface area contributed by atoms with Crippen molar-refractivity contribution in [3.63, 3.8) is 0 Å². The van der Waals surface area contributed by atoms with Crippen LogP contribution in [0.1, 0.15) is 12.1 Å². The van der Waals surface area contributed by atoms with Gasteiger partial charge in [-0.2, -0.15) is 0 Å². The van der Waals surface area contributed by atoms with Gasteiger partial charge in [0, 0.05) is 35.2 Å². The van der Waals surface area contributed by atoms with E-state index in [0.717, 1.165) is 35.5 Å². The lowest BCUT2D eigenvalue weighted by atomic mass is 10.1. The molecule has 1 aromatic heterocycles. The van der Waals surface area contributed by atoms with E-state index >= 15 is 0 Å². The highest BCUT2D eigenvalue weighted by atomic mass is 79.9. The molecular formula is C15H17BrN2. The van der Waals surface area contributed by atoms with E-state index in [1.54, 1.807) is 0 Å². The standard InChI is InChI=1S/C15H17BrN2/c1-11-8-15(18-7-6-12(9-16)10-18)13-4-2-3-5-14(13)17-11/h2-5,8,12H,6-7,9-10H2,1H3. The van der Waals surface area contributed by atoms with Gasteiger partial charge in [-0.1, -0.05) is 34.1 Å². The van der Waals surface area contributed by atoms with Crippen molar-refractivity contribution in [1.82, 2.24) is 4.98 Å². The van der Waals surface area contributed by atoms with Gasteiger partial charge in [0.25, 0.3) is 0 Å². The van der Waals surface area contributed by atoms with Gasteiger partial charge < -0.3 is 4.90 Å². The number of anilines is 1. The van der Waals surface area contributed by atoms with E-state index in [4.69, 9.17) is 0 Å². The molecule has 3 rings (SSSR count). The van der Waals surface area contributed by atoms with Crippen molar-refractivity contribution in [1.29, 1.82) is 0 Å². The van der Waals surface area contributed by atoms with Gasteiger partial charge in [-0.25, -0.2) is 0 Å². The smallest absolute Gasteiger partial charge is 0.0726 e. The van der Waals surface area contributed by atoms with E-state index in [2.05, 4.69) is 63.1 Å². The number of rotatable bonds is 2. The second-order valence-corrected chi connectivity index (χ2v) is 5.70. The SMILES string of the molecule is Cc1cc(N2CCC(CBr)C2)c2ccccc2n1. The van der Waals surface area contributed by atoms with E-state index in [0.29, 0.717) is 0 Å². The molecule has 0 bridgehead atoms. The number of hydrogen-bond donors (Lipinski definition) is 0. The molecule has 3 heteroatoms. The Labute approximate surface area is 116 Å². The molecule has 1 unspecified atom stereocenters. The summed E-state index contributed by atoms with van der Waals surface area (Å²) in [5.74, 6) is 0.775. The maximum absolute atomic E-state index is 4.61. The molecule has 0 aliphatic carbocycles. The summed E-state index contributed by atoms with van der Waals surface area (Å²) in [6, 6.07) is 10.7. The monoisotopic (exact) mass is 304 g/mol. The fourth-order valence-corrected chi connectivity index (χ4v) is 3.25. The molecule has 1 aliphatic rings. The fraction of sp³-hybridized carbons (Fsp3) is 0.400. The zero-order valence-electron chi connectivity index (χ0n) is 10.6. The van der Waals surface area contributed by atoms with Crippen molar-refractivity contribution in [2.24, 2.45) is 5.92 Å². The molecule has 1 aromatic carbocycles. The highest BCUT2D eigenvalue weighted by Crippen LogP contribution is 2.31. The van der Waals surface area contributed by atoms with Crippen molar-refractivity contribution >= 4 is 32.5 Å². The second-order valence-electron chi connectivity index (χ2n) is 5.05. The van der Waals surface area contributed by atoms with Gasteiger partial charge in [0.1, 0.15) is 0 Å². The van der Waals surface area contributed by atoms with E-state index in [9.17, 15) is 0 Å². The zero-order chi connectivity index (χ0) is 12.5. The van der Waals surface area contributed by atoms with Gasteiger partial charge in [-0.05, 0) is 31.4 Å². The molecule has 0 saturated carbocycles. The number of nitrogens with zero attached hydrogens (tertiary/aromatic N) is 2. The molecule has 18 heavy (non-hydrogen) atoms. The van der Waals surface area contributed by atoms with Crippen LogP contribution < -0.4 is 4.90 Å². The molecule has 1 atom stereocenters. The zero-order valence-corrected chi connectivity index (χ0v) is 12.2. The van der Waals surface area contributed by atoms with Crippen molar-refractivity contribution in [2.45, 2.75) is 13.3 Å². The Balaban J connectivity index is 2.06. The van der Waals surface area contributed by atoms with E-state index in [-0.39, 0.29) is 0 Å². The Morgan fingerprint density at radius 1 is 1.39 bits per heavy atom. The first kappa shape index (κ1) is 12.0. The maximum atomic E-state index is 4.61. The maximum Gasteiger partial charge on any atom is 0.0726 e. The summed E-state index contributed by atoms with van der Waals surface area (Å²) >= 11 is 3.60. The third-order valence-electron chi connectivity index (χ3n) is 3.67. The van der Waals surface area contributed by atoms with Gasteiger partial charge in [0.15, 0.2) is 0 Å². The van der Waals surface area contributed by atoms with Crippen LogP contribution in [0.15, 0.2) is 30.3 Å². The summed E-state index contributed by atoms with van der Waals surface area (Å²) in [6.07, 6.45) is 1.28. The number of para-hydroxylation sites is 1. The highest BCUT2D eigenvalue weighted by molar-refractivity contribution is 9.09. The van der Waals surface area contributed by atoms with Crippen molar-refractivity contribution < 1.29 is 0 Å². The lowest BCUT2D eigenvalue weighted by Crippen LogP contribution is -2.20. The first-order chi connectivity index (χ1) is 8.78. The lowest BCUT2D eigenvalue weighted by Gasteiger charge is -2.21. The second kappa shape index (κ2) is 4.88. The summed E-state index contributed by atoms with van der Waals surface area (Å²) in [5, 5.41) is 2.38. The van der Waals surface area contributed by atoms with Gasteiger partial charge >= 0.3 is 0 Å². The third-order valence-corrected chi connectivity index (χ3v) is 4.58. The molecule has 1 aliphatic heterocycles. The molecular weight excluding hydrogens is 288 g/mol. The van der Waals surface area contributed by atoms with Crippen LogP contribution in [0.4, 0.5) is 5.69 Å². The van der Waals surface area contributed by atoms with Crippen LogP contribution in [0.2, 0.25) is 0 Å². The predicted molar refractivity (Wildman–Crippen MR) is 80.6 cm³/mol. The van der Waals surface area contributed by atoms with E-state index in [1.165, 1.54) is 17.5 Å². The largest absolute Gasteiger partial charge is 0.371 e.